The largest absolute Gasteiger partial charge is 0.497 e. The lowest BCUT2D eigenvalue weighted by Crippen LogP contribution is -2.39. The van der Waals surface area contributed by atoms with Gasteiger partial charge in [0.05, 0.1) is 12.0 Å². The van der Waals surface area contributed by atoms with Crippen LogP contribution in [-0.2, 0) is 0 Å². The molecule has 0 unspecified atom stereocenters. The summed E-state index contributed by atoms with van der Waals surface area (Å²) >= 11 is 0. The molecule has 2 aromatic rings. The fourth-order valence-corrected chi connectivity index (χ4v) is 2.87. The highest BCUT2D eigenvalue weighted by Gasteiger charge is 2.20. The Bertz CT molecular complexity index is 697. The standard InChI is InChI=1S/C17H20N4O3/c1-24-16-4-2-3-14(11-16)19-13-7-9-20(10-8-13)17-6-5-15(12-18-17)21(22)23/h2-6,11-13,19H,7-10H2,1H3. The Hall–Kier alpha value is -2.83. The zero-order valence-electron chi connectivity index (χ0n) is 13.5. The lowest BCUT2D eigenvalue weighted by atomic mass is 10.0. The molecule has 0 radical (unpaired) electrons. The highest BCUT2D eigenvalue weighted by Crippen LogP contribution is 2.23. The van der Waals surface area contributed by atoms with Crippen molar-refractivity contribution in [2.45, 2.75) is 18.9 Å². The van der Waals surface area contributed by atoms with E-state index in [0.29, 0.717) is 6.04 Å². The summed E-state index contributed by atoms with van der Waals surface area (Å²) in [7, 11) is 1.66. The fourth-order valence-electron chi connectivity index (χ4n) is 2.87. The Morgan fingerprint density at radius 1 is 1.29 bits per heavy atom. The number of nitrogens with one attached hydrogen (secondary N) is 1. The topological polar surface area (TPSA) is 80.5 Å². The molecule has 7 nitrogen and oxygen atoms in total. The van der Waals surface area contributed by atoms with Crippen LogP contribution in [0.1, 0.15) is 12.8 Å². The average molecular weight is 328 g/mol. The number of rotatable bonds is 5. The van der Waals surface area contributed by atoms with Gasteiger partial charge in [0.25, 0.3) is 5.69 Å². The second-order valence-electron chi connectivity index (χ2n) is 5.77. The summed E-state index contributed by atoms with van der Waals surface area (Å²) in [6, 6.07) is 11.5. The first-order chi connectivity index (χ1) is 11.7. The Labute approximate surface area is 140 Å². The second-order valence-corrected chi connectivity index (χ2v) is 5.77. The van der Waals surface area contributed by atoms with Gasteiger partial charge in [-0.05, 0) is 31.0 Å². The lowest BCUT2D eigenvalue weighted by Gasteiger charge is -2.33. The molecule has 3 rings (SSSR count). The van der Waals surface area contributed by atoms with Crippen molar-refractivity contribution >= 4 is 17.2 Å². The van der Waals surface area contributed by atoms with Crippen molar-refractivity contribution < 1.29 is 9.66 Å². The van der Waals surface area contributed by atoms with Crippen LogP contribution in [0.25, 0.3) is 0 Å². The molecule has 0 amide bonds. The van der Waals surface area contributed by atoms with Crippen LogP contribution < -0.4 is 15.0 Å². The van der Waals surface area contributed by atoms with Gasteiger partial charge in [0.15, 0.2) is 0 Å². The van der Waals surface area contributed by atoms with E-state index in [-0.39, 0.29) is 5.69 Å². The van der Waals surface area contributed by atoms with Crippen molar-refractivity contribution in [1.29, 1.82) is 0 Å². The molecule has 1 aliphatic rings. The van der Waals surface area contributed by atoms with Crippen molar-refractivity contribution in [2.24, 2.45) is 0 Å². The quantitative estimate of drug-likeness (QED) is 0.671. The van der Waals surface area contributed by atoms with Crippen molar-refractivity contribution in [1.82, 2.24) is 4.98 Å². The van der Waals surface area contributed by atoms with Crippen LogP contribution >= 0.6 is 0 Å². The summed E-state index contributed by atoms with van der Waals surface area (Å²) in [6.07, 6.45) is 3.28. The normalized spacial score (nSPS) is 15.1. The van der Waals surface area contributed by atoms with Gasteiger partial charge in [-0.1, -0.05) is 6.07 Å². The molecule has 126 valence electrons. The van der Waals surface area contributed by atoms with Gasteiger partial charge in [-0.15, -0.1) is 0 Å². The first-order valence-corrected chi connectivity index (χ1v) is 7.91. The molecule has 0 bridgehead atoms. The molecule has 1 aromatic heterocycles. The number of piperidine rings is 1. The maximum Gasteiger partial charge on any atom is 0.287 e. The minimum atomic E-state index is -0.429. The number of hydrogen-bond donors (Lipinski definition) is 1. The first kappa shape index (κ1) is 16.0. The zero-order chi connectivity index (χ0) is 16.9. The van der Waals surface area contributed by atoms with E-state index in [2.05, 4.69) is 15.2 Å². The Kier molecular flexibility index (Phi) is 4.79. The average Bonchev–Trinajstić information content (AvgIpc) is 2.62. The van der Waals surface area contributed by atoms with Crippen LogP contribution in [-0.4, -0.2) is 36.1 Å². The van der Waals surface area contributed by atoms with E-state index >= 15 is 0 Å². The molecular weight excluding hydrogens is 308 g/mol. The SMILES string of the molecule is COc1cccc(NC2CCN(c3ccc([N+](=O)[O-])cn3)CC2)c1. The maximum atomic E-state index is 10.7. The highest BCUT2D eigenvalue weighted by atomic mass is 16.6. The Balaban J connectivity index is 1.56. The van der Waals surface area contributed by atoms with Gasteiger partial charge in [-0.25, -0.2) is 4.98 Å². The molecule has 2 heterocycles. The van der Waals surface area contributed by atoms with Crippen molar-refractivity contribution in [3.8, 4) is 5.75 Å². The zero-order valence-corrected chi connectivity index (χ0v) is 13.5. The van der Waals surface area contributed by atoms with E-state index in [4.69, 9.17) is 4.74 Å². The van der Waals surface area contributed by atoms with E-state index in [9.17, 15) is 10.1 Å². The summed E-state index contributed by atoms with van der Waals surface area (Å²) in [5.74, 6) is 1.63. The summed E-state index contributed by atoms with van der Waals surface area (Å²) in [5, 5.41) is 14.2. The highest BCUT2D eigenvalue weighted by molar-refractivity contribution is 5.49. The summed E-state index contributed by atoms with van der Waals surface area (Å²) < 4.78 is 5.24. The molecule has 7 heteroatoms. The molecule has 24 heavy (non-hydrogen) atoms. The van der Waals surface area contributed by atoms with Gasteiger partial charge < -0.3 is 15.0 Å². The van der Waals surface area contributed by atoms with Gasteiger partial charge in [0, 0.05) is 37.0 Å². The van der Waals surface area contributed by atoms with Gasteiger partial charge in [0.1, 0.15) is 17.8 Å². The van der Waals surface area contributed by atoms with E-state index in [1.54, 1.807) is 13.2 Å². The van der Waals surface area contributed by atoms with Gasteiger partial charge >= 0.3 is 0 Å². The molecule has 1 aromatic carbocycles. The minimum absolute atomic E-state index is 0.0216. The number of benzene rings is 1. The number of aromatic nitrogens is 1. The van der Waals surface area contributed by atoms with E-state index < -0.39 is 4.92 Å². The van der Waals surface area contributed by atoms with Crippen molar-refractivity contribution in [3.05, 3.63) is 52.7 Å². The van der Waals surface area contributed by atoms with Crippen molar-refractivity contribution in [2.75, 3.05) is 30.4 Å². The Morgan fingerprint density at radius 3 is 2.71 bits per heavy atom. The monoisotopic (exact) mass is 328 g/mol. The van der Waals surface area contributed by atoms with E-state index in [0.717, 1.165) is 43.2 Å². The summed E-state index contributed by atoms with van der Waals surface area (Å²) in [5.41, 5.74) is 1.08. The fraction of sp³-hybridized carbons (Fsp3) is 0.353. The van der Waals surface area contributed by atoms with Crippen LogP contribution in [0.15, 0.2) is 42.6 Å². The van der Waals surface area contributed by atoms with Gasteiger partial charge in [-0.3, -0.25) is 10.1 Å². The van der Waals surface area contributed by atoms with Gasteiger partial charge in [0.2, 0.25) is 0 Å². The first-order valence-electron chi connectivity index (χ1n) is 7.91. The minimum Gasteiger partial charge on any atom is -0.497 e. The van der Waals surface area contributed by atoms with Crippen LogP contribution in [0.3, 0.4) is 0 Å². The van der Waals surface area contributed by atoms with Crippen LogP contribution in [0.5, 0.6) is 5.75 Å². The third kappa shape index (κ3) is 3.73. The predicted molar refractivity (Wildman–Crippen MR) is 92.7 cm³/mol. The van der Waals surface area contributed by atoms with Crippen LogP contribution in [0.2, 0.25) is 0 Å². The van der Waals surface area contributed by atoms with Gasteiger partial charge in [-0.2, -0.15) is 0 Å². The molecule has 0 saturated carbocycles. The number of hydrogen-bond acceptors (Lipinski definition) is 6. The molecule has 0 aliphatic carbocycles. The molecule has 0 spiro atoms. The van der Waals surface area contributed by atoms with Crippen LogP contribution in [0, 0.1) is 10.1 Å². The van der Waals surface area contributed by atoms with E-state index in [1.807, 2.05) is 24.3 Å². The maximum absolute atomic E-state index is 10.7. The molecule has 0 atom stereocenters. The predicted octanol–water partition coefficient (Wildman–Crippen LogP) is 3.08. The molecule has 1 saturated heterocycles. The molecule has 1 aliphatic heterocycles. The summed E-state index contributed by atoms with van der Waals surface area (Å²) in [6.45, 7) is 1.74. The Morgan fingerprint density at radius 2 is 2.08 bits per heavy atom. The van der Waals surface area contributed by atoms with Crippen LogP contribution in [0.4, 0.5) is 17.2 Å². The molecular formula is C17H20N4O3. The third-order valence-electron chi connectivity index (χ3n) is 4.20. The number of methoxy groups -OCH3 is 1. The number of nitro groups is 1. The number of nitrogens with zero attached hydrogens (tertiary/aromatic N) is 3. The number of pyridine rings is 1. The summed E-state index contributed by atoms with van der Waals surface area (Å²) in [4.78, 5) is 16.6. The number of ether oxygens (including phenoxy) is 1. The molecule has 1 N–H and O–H groups in total. The third-order valence-corrected chi connectivity index (χ3v) is 4.20. The smallest absolute Gasteiger partial charge is 0.287 e. The second kappa shape index (κ2) is 7.16. The lowest BCUT2D eigenvalue weighted by molar-refractivity contribution is -0.385. The molecule has 1 fully saturated rings. The van der Waals surface area contributed by atoms with E-state index in [1.165, 1.54) is 12.3 Å². The van der Waals surface area contributed by atoms with Crippen molar-refractivity contribution in [3.63, 3.8) is 0 Å². The number of anilines is 2.